The summed E-state index contributed by atoms with van der Waals surface area (Å²) in [6.45, 7) is -0.282. The van der Waals surface area contributed by atoms with Crippen LogP contribution in [-0.4, -0.2) is 54.6 Å². The van der Waals surface area contributed by atoms with Gasteiger partial charge in [0, 0.05) is 11.8 Å². The molecule has 10 heteroatoms. The number of nitrogens with zero attached hydrogens (tertiary/aromatic N) is 4. The normalized spacial score (nSPS) is 19.9. The second kappa shape index (κ2) is 8.34. The Balaban J connectivity index is 1.19. The molecule has 4 aromatic carbocycles. The summed E-state index contributed by atoms with van der Waals surface area (Å²) in [6.07, 6.45) is 1.16. The lowest BCUT2D eigenvalue weighted by atomic mass is 9.93. The van der Waals surface area contributed by atoms with Crippen LogP contribution in [0.15, 0.2) is 67.3 Å². The summed E-state index contributed by atoms with van der Waals surface area (Å²) in [7, 11) is 0. The van der Waals surface area contributed by atoms with Crippen LogP contribution in [0.25, 0.3) is 43.5 Å². The van der Waals surface area contributed by atoms with Crippen molar-refractivity contribution in [3.63, 3.8) is 0 Å². The van der Waals surface area contributed by atoms with E-state index in [1.54, 1.807) is 4.57 Å². The summed E-state index contributed by atoms with van der Waals surface area (Å²) >= 11 is 0. The summed E-state index contributed by atoms with van der Waals surface area (Å²) in [5, 5.41) is 31.9. The first kappa shape index (κ1) is 21.9. The average molecular weight is 495 g/mol. The van der Waals surface area contributed by atoms with Crippen LogP contribution in [0.5, 0.6) is 0 Å². The molecular weight excluding hydrogens is 472 g/mol. The Morgan fingerprint density at radius 2 is 1.73 bits per heavy atom. The molecule has 0 bridgehead atoms. The van der Waals surface area contributed by atoms with Gasteiger partial charge >= 0.3 is 6.03 Å². The molecule has 3 heterocycles. The topological polar surface area (TPSA) is 134 Å². The second-order valence-corrected chi connectivity index (χ2v) is 9.21. The number of rotatable bonds is 4. The molecule has 1 fully saturated rings. The maximum absolute atomic E-state index is 13.1. The van der Waals surface area contributed by atoms with E-state index in [-0.39, 0.29) is 12.4 Å². The van der Waals surface area contributed by atoms with Crippen LogP contribution in [0, 0.1) is 0 Å². The first-order chi connectivity index (χ1) is 18.1. The highest BCUT2D eigenvalue weighted by Gasteiger charge is 2.35. The van der Waals surface area contributed by atoms with Gasteiger partial charge in [0.2, 0.25) is 0 Å². The predicted octanol–water partition coefficient (Wildman–Crippen LogP) is 4.01. The molecule has 37 heavy (non-hydrogen) atoms. The van der Waals surface area contributed by atoms with Crippen LogP contribution >= 0.6 is 0 Å². The first-order valence-electron chi connectivity index (χ1n) is 12.0. The molecule has 6 aromatic rings. The number of ether oxygens (including phenoxy) is 1. The Morgan fingerprint density at radius 3 is 2.51 bits per heavy atom. The van der Waals surface area contributed by atoms with E-state index in [4.69, 9.17) is 4.74 Å². The van der Waals surface area contributed by atoms with Gasteiger partial charge in [-0.1, -0.05) is 48.5 Å². The molecule has 7 rings (SSSR count). The lowest BCUT2D eigenvalue weighted by Crippen LogP contribution is -2.24. The lowest BCUT2D eigenvalue weighted by Gasteiger charge is -2.15. The molecule has 2 aromatic heterocycles. The number of aliphatic hydroxyl groups excluding tert-OH is 2. The quantitative estimate of drug-likeness (QED) is 0.272. The number of urea groups is 1. The molecule has 184 valence electrons. The van der Waals surface area contributed by atoms with Gasteiger partial charge in [0.05, 0.1) is 24.7 Å². The van der Waals surface area contributed by atoms with E-state index >= 15 is 0 Å². The Kier molecular flexibility index (Phi) is 4.93. The van der Waals surface area contributed by atoms with Crippen LogP contribution in [0.2, 0.25) is 0 Å². The lowest BCUT2D eigenvalue weighted by molar-refractivity contribution is -0.0432. The van der Waals surface area contributed by atoms with Gasteiger partial charge in [-0.3, -0.25) is 9.88 Å². The second-order valence-electron chi connectivity index (χ2n) is 9.21. The minimum atomic E-state index is -0.789. The van der Waals surface area contributed by atoms with Crippen molar-refractivity contribution < 1.29 is 19.7 Å². The van der Waals surface area contributed by atoms with Gasteiger partial charge in [0.25, 0.3) is 0 Å². The number of hydrogen-bond acceptors (Lipinski definition) is 7. The van der Waals surface area contributed by atoms with Crippen molar-refractivity contribution in [2.45, 2.75) is 24.9 Å². The third kappa shape index (κ3) is 3.45. The number of anilines is 2. The number of amides is 2. The van der Waals surface area contributed by atoms with E-state index < -0.39 is 24.5 Å². The number of carbonyl (C=O) groups is 1. The van der Waals surface area contributed by atoms with E-state index in [1.165, 1.54) is 18.0 Å². The van der Waals surface area contributed by atoms with Gasteiger partial charge in [0.15, 0.2) is 17.0 Å². The highest BCUT2D eigenvalue weighted by molar-refractivity contribution is 6.26. The summed E-state index contributed by atoms with van der Waals surface area (Å²) in [6, 6.07) is 18.0. The Hall–Kier alpha value is -4.38. The van der Waals surface area contributed by atoms with E-state index in [0.29, 0.717) is 23.3 Å². The van der Waals surface area contributed by atoms with Crippen molar-refractivity contribution in [2.24, 2.45) is 0 Å². The zero-order chi connectivity index (χ0) is 25.1. The molecule has 1 aliphatic heterocycles. The molecule has 0 aliphatic carbocycles. The average Bonchev–Trinajstić information content (AvgIpc) is 3.51. The van der Waals surface area contributed by atoms with Crippen molar-refractivity contribution >= 4 is 61.0 Å². The number of nitrogens with one attached hydrogen (secondary N) is 2. The number of aromatic nitrogens is 4. The van der Waals surface area contributed by atoms with Gasteiger partial charge in [-0.15, -0.1) is 0 Å². The van der Waals surface area contributed by atoms with E-state index in [9.17, 15) is 15.0 Å². The Labute approximate surface area is 209 Å². The zero-order valence-electron chi connectivity index (χ0n) is 19.5. The highest BCUT2D eigenvalue weighted by atomic mass is 16.5. The molecule has 4 N–H and O–H groups in total. The van der Waals surface area contributed by atoms with E-state index in [0.717, 1.165) is 26.9 Å². The maximum atomic E-state index is 13.1. The summed E-state index contributed by atoms with van der Waals surface area (Å²) in [4.78, 5) is 26.0. The van der Waals surface area contributed by atoms with Crippen molar-refractivity contribution in [3.8, 4) is 0 Å². The summed E-state index contributed by atoms with van der Waals surface area (Å²) in [5.74, 6) is 0.246. The van der Waals surface area contributed by atoms with Gasteiger partial charge in [-0.25, -0.2) is 19.7 Å². The van der Waals surface area contributed by atoms with E-state index in [1.807, 2.05) is 24.3 Å². The van der Waals surface area contributed by atoms with Gasteiger partial charge in [-0.05, 0) is 33.0 Å². The third-order valence-electron chi connectivity index (χ3n) is 7.06. The molecule has 1 aliphatic rings. The molecule has 1 saturated heterocycles. The zero-order valence-corrected chi connectivity index (χ0v) is 19.5. The number of carbonyl (C=O) groups excluding carboxylic acids is 1. The van der Waals surface area contributed by atoms with Crippen molar-refractivity contribution in [2.75, 3.05) is 17.2 Å². The minimum absolute atomic E-state index is 0.246. The van der Waals surface area contributed by atoms with Crippen LogP contribution in [0.4, 0.5) is 16.3 Å². The maximum Gasteiger partial charge on any atom is 0.324 e. The molecule has 0 saturated carbocycles. The summed E-state index contributed by atoms with van der Waals surface area (Å²) < 4.78 is 7.39. The highest BCUT2D eigenvalue weighted by Crippen LogP contribution is 2.38. The Morgan fingerprint density at radius 1 is 0.973 bits per heavy atom. The predicted molar refractivity (Wildman–Crippen MR) is 140 cm³/mol. The molecule has 3 atom stereocenters. The van der Waals surface area contributed by atoms with Crippen LogP contribution in [-0.2, 0) is 4.74 Å². The number of imidazole rings is 1. The van der Waals surface area contributed by atoms with Gasteiger partial charge < -0.3 is 20.3 Å². The third-order valence-corrected chi connectivity index (χ3v) is 7.06. The fourth-order valence-corrected chi connectivity index (χ4v) is 5.31. The summed E-state index contributed by atoms with van der Waals surface area (Å²) in [5.41, 5.74) is 1.52. The monoisotopic (exact) mass is 494 g/mol. The molecule has 0 radical (unpaired) electrons. The van der Waals surface area contributed by atoms with Crippen molar-refractivity contribution in [1.82, 2.24) is 19.5 Å². The Bertz CT molecular complexity index is 1790. The van der Waals surface area contributed by atoms with Crippen LogP contribution in [0.1, 0.15) is 12.6 Å². The molecule has 2 amide bonds. The number of aliphatic hydroxyl groups is 2. The number of hydrogen-bond donors (Lipinski definition) is 4. The first-order valence-corrected chi connectivity index (χ1v) is 12.0. The fourth-order valence-electron chi connectivity index (χ4n) is 5.31. The number of benzene rings is 4. The molecule has 10 nitrogen and oxygen atoms in total. The fraction of sp³-hybridized carbons (Fsp3) is 0.185. The number of fused-ring (bicyclic) bond motifs is 1. The van der Waals surface area contributed by atoms with Crippen molar-refractivity contribution in [3.05, 3.63) is 67.3 Å². The molecule has 0 spiro atoms. The van der Waals surface area contributed by atoms with Crippen molar-refractivity contribution in [1.29, 1.82) is 0 Å². The van der Waals surface area contributed by atoms with Gasteiger partial charge in [0.1, 0.15) is 18.7 Å². The van der Waals surface area contributed by atoms with Crippen LogP contribution < -0.4 is 10.6 Å². The van der Waals surface area contributed by atoms with E-state index in [2.05, 4.69) is 55.9 Å². The minimum Gasteiger partial charge on any atom is -0.394 e. The largest absolute Gasteiger partial charge is 0.394 e. The molecule has 0 unspecified atom stereocenters. The smallest absolute Gasteiger partial charge is 0.324 e. The van der Waals surface area contributed by atoms with Crippen LogP contribution in [0.3, 0.4) is 0 Å². The SMILES string of the molecule is O=C(Nc1ccc2ccc3cccc4ccc1c2c34)Nc1ncnc2c1ncn2[C@H]1C[C@H](O)[C@@H](CO)O1. The van der Waals surface area contributed by atoms with Gasteiger partial charge in [-0.2, -0.15) is 0 Å². The molecular formula is C27H22N6O4. The standard InChI is InChI=1S/C27H22N6O4/c34-11-20-19(35)10-21(37-20)33-13-30-24-25(28-12-29-26(24)33)32-27(36)31-18-9-7-16-5-4-14-2-1-3-15-6-8-17(18)23(16)22(14)15/h1-9,12-13,19-21,34-35H,10-11H2,(H2,28,29,31,32,36)/t19-,20+,21+/m0/s1.